The second kappa shape index (κ2) is 19.2. The average molecular weight is 683 g/mol. The quantitative estimate of drug-likeness (QED) is 0.106. The Hall–Kier alpha value is -1.48. The summed E-state index contributed by atoms with van der Waals surface area (Å²) in [6.07, 6.45) is -6.36. The Morgan fingerprint density at radius 1 is 0.932 bits per heavy atom. The van der Waals surface area contributed by atoms with Gasteiger partial charge in [0, 0.05) is 19.9 Å². The van der Waals surface area contributed by atoms with Crippen LogP contribution in [0.25, 0.3) is 0 Å². The van der Waals surface area contributed by atoms with Crippen molar-refractivity contribution in [2.75, 3.05) is 92.1 Å². The highest BCUT2D eigenvalue weighted by atomic mass is 31.2. The van der Waals surface area contributed by atoms with Gasteiger partial charge < -0.3 is 62.0 Å². The van der Waals surface area contributed by atoms with Gasteiger partial charge in [-0.2, -0.15) is 13.8 Å². The highest BCUT2D eigenvalue weighted by Crippen LogP contribution is 2.52. The Labute approximate surface area is 251 Å². The molecule has 0 spiro atoms. The van der Waals surface area contributed by atoms with Crippen LogP contribution in [0.5, 0.6) is 0 Å². The number of anilines is 1. The topological polar surface area (TPSA) is 233 Å². The fourth-order valence-corrected chi connectivity index (χ4v) is 4.80. The summed E-state index contributed by atoms with van der Waals surface area (Å²) in [6.45, 7) is 3.07. The summed E-state index contributed by atoms with van der Waals surface area (Å²) in [6, 6.07) is 1.01. The zero-order chi connectivity index (χ0) is 32.6. The number of ether oxygens (including phenoxy) is 6. The van der Waals surface area contributed by atoms with E-state index in [0.717, 1.165) is 19.4 Å². The van der Waals surface area contributed by atoms with E-state index in [1.165, 1.54) is 0 Å². The van der Waals surface area contributed by atoms with Gasteiger partial charge in [-0.1, -0.05) is 0 Å². The molecule has 44 heavy (non-hydrogen) atoms. The number of hydrogen-bond donors (Lipinski definition) is 1. The molecule has 0 bridgehead atoms. The largest absolute Gasteiger partial charge is 0.756 e. The SMILES string of the molecule is CCOCCOCCOCCOCCOCCOP(=O)([O-])OC1C(COP(=O)([O-])OC)OC(n2ccc(N)nc2=O)C1(F)F. The highest BCUT2D eigenvalue weighted by molar-refractivity contribution is 7.46. The number of aromatic nitrogens is 2. The van der Waals surface area contributed by atoms with Crippen LogP contribution in [0.2, 0.25) is 0 Å². The van der Waals surface area contributed by atoms with Crippen molar-refractivity contribution >= 4 is 21.5 Å². The van der Waals surface area contributed by atoms with Crippen LogP contribution >= 0.6 is 15.6 Å². The van der Waals surface area contributed by atoms with Gasteiger partial charge in [0.1, 0.15) is 11.9 Å². The van der Waals surface area contributed by atoms with Crippen LogP contribution < -0.4 is 21.2 Å². The van der Waals surface area contributed by atoms with Gasteiger partial charge in [0.15, 0.2) is 6.10 Å². The molecule has 22 heteroatoms. The van der Waals surface area contributed by atoms with E-state index in [9.17, 15) is 23.7 Å². The molecule has 1 aromatic heterocycles. The molecular formula is C22H37F2N3O15P2-2. The number of phosphoric ester groups is 2. The predicted molar refractivity (Wildman–Crippen MR) is 141 cm³/mol. The molecule has 256 valence electrons. The van der Waals surface area contributed by atoms with Gasteiger partial charge in [0.05, 0.1) is 72.7 Å². The Bertz CT molecular complexity index is 1130. The fourth-order valence-electron chi connectivity index (χ4n) is 3.46. The Morgan fingerprint density at radius 2 is 1.45 bits per heavy atom. The number of hydrogen-bond acceptors (Lipinski definition) is 17. The second-order valence-corrected chi connectivity index (χ2v) is 11.5. The molecule has 0 radical (unpaired) electrons. The van der Waals surface area contributed by atoms with Crippen LogP contribution in [0, 0.1) is 0 Å². The molecule has 0 aromatic carbocycles. The molecular weight excluding hydrogens is 646 g/mol. The monoisotopic (exact) mass is 683 g/mol. The van der Waals surface area contributed by atoms with E-state index in [1.807, 2.05) is 6.92 Å². The van der Waals surface area contributed by atoms with E-state index in [4.69, 9.17) is 34.2 Å². The van der Waals surface area contributed by atoms with Gasteiger partial charge in [-0.05, 0) is 13.0 Å². The summed E-state index contributed by atoms with van der Waals surface area (Å²) in [5.41, 5.74) is 4.12. The summed E-state index contributed by atoms with van der Waals surface area (Å²) in [5.74, 6) is -4.52. The Balaban J connectivity index is 1.78. The maximum Gasteiger partial charge on any atom is 0.351 e. The molecule has 0 aliphatic carbocycles. The number of nitrogens with two attached hydrogens (primary N) is 1. The molecule has 1 aromatic rings. The molecule has 1 aliphatic heterocycles. The van der Waals surface area contributed by atoms with Gasteiger partial charge in [-0.25, -0.2) is 4.79 Å². The summed E-state index contributed by atoms with van der Waals surface area (Å²) in [4.78, 5) is 39.4. The molecule has 1 fully saturated rings. The van der Waals surface area contributed by atoms with Crippen molar-refractivity contribution in [2.45, 2.75) is 31.3 Å². The first-order valence-electron chi connectivity index (χ1n) is 13.2. The third-order valence-electron chi connectivity index (χ3n) is 5.49. The Kier molecular flexibility index (Phi) is 16.9. The van der Waals surface area contributed by atoms with Crippen LogP contribution in [0.15, 0.2) is 17.1 Å². The van der Waals surface area contributed by atoms with E-state index < -0.39 is 58.9 Å². The third-order valence-corrected chi connectivity index (χ3v) is 7.38. The van der Waals surface area contributed by atoms with Crippen LogP contribution in [-0.2, 0) is 55.6 Å². The van der Waals surface area contributed by atoms with Crippen LogP contribution in [0.4, 0.5) is 14.6 Å². The normalized spacial score (nSPS) is 22.5. The van der Waals surface area contributed by atoms with Crippen LogP contribution in [0.1, 0.15) is 13.2 Å². The van der Waals surface area contributed by atoms with Crippen molar-refractivity contribution in [3.8, 4) is 0 Å². The van der Waals surface area contributed by atoms with Crippen molar-refractivity contribution in [2.24, 2.45) is 0 Å². The molecule has 5 unspecified atom stereocenters. The molecule has 1 saturated heterocycles. The van der Waals surface area contributed by atoms with Gasteiger partial charge in [-0.15, -0.1) is 0 Å². The number of nitrogens with zero attached hydrogens (tertiary/aromatic N) is 2. The standard InChI is InChI=1S/C22H39F2N3O15P2/c1-3-34-6-7-35-8-9-36-10-11-37-12-13-38-14-15-39-44(31,32)42-19-17(16-40-43(29,30)33-2)41-20(22(19,23)24)27-5-4-18(25)26-21(27)28/h4-5,17,19-20H,3,6-16H2,1-2H3,(H,29,30)(H,31,32)(H2,25,26,28)/p-2. The average Bonchev–Trinajstić information content (AvgIpc) is 3.20. The first-order valence-corrected chi connectivity index (χ1v) is 16.2. The molecule has 0 amide bonds. The van der Waals surface area contributed by atoms with Crippen LogP contribution in [-0.4, -0.2) is 114 Å². The molecule has 2 heterocycles. The summed E-state index contributed by atoms with van der Waals surface area (Å²) < 4.78 is 104. The number of alkyl halides is 2. The number of nitrogen functional groups attached to an aromatic ring is 1. The van der Waals surface area contributed by atoms with E-state index >= 15 is 8.78 Å². The Morgan fingerprint density at radius 3 is 1.95 bits per heavy atom. The minimum atomic E-state index is -5.47. The molecule has 0 saturated carbocycles. The zero-order valence-electron chi connectivity index (χ0n) is 24.1. The zero-order valence-corrected chi connectivity index (χ0v) is 25.9. The molecule has 2 rings (SSSR count). The van der Waals surface area contributed by atoms with Crippen molar-refractivity contribution in [3.63, 3.8) is 0 Å². The summed E-state index contributed by atoms with van der Waals surface area (Å²) in [5, 5.41) is 0. The van der Waals surface area contributed by atoms with Crippen molar-refractivity contribution in [1.82, 2.24) is 9.55 Å². The summed E-state index contributed by atoms with van der Waals surface area (Å²) >= 11 is 0. The highest BCUT2D eigenvalue weighted by Gasteiger charge is 2.62. The van der Waals surface area contributed by atoms with Gasteiger partial charge in [0.25, 0.3) is 15.6 Å². The smallest absolute Gasteiger partial charge is 0.351 e. The summed E-state index contributed by atoms with van der Waals surface area (Å²) in [7, 11) is -9.67. The lowest BCUT2D eigenvalue weighted by molar-refractivity contribution is -0.242. The van der Waals surface area contributed by atoms with Gasteiger partial charge >= 0.3 is 11.6 Å². The van der Waals surface area contributed by atoms with Gasteiger partial charge in [0.2, 0.25) is 6.23 Å². The number of halogens is 2. The fraction of sp³-hybridized carbons (Fsp3) is 0.818. The van der Waals surface area contributed by atoms with E-state index in [1.54, 1.807) is 0 Å². The lowest BCUT2D eigenvalue weighted by atomic mass is 10.1. The lowest BCUT2D eigenvalue weighted by Crippen LogP contribution is -2.44. The lowest BCUT2D eigenvalue weighted by Gasteiger charge is -2.31. The number of phosphoric acid groups is 2. The molecule has 5 atom stereocenters. The maximum absolute atomic E-state index is 15.4. The van der Waals surface area contributed by atoms with E-state index in [2.05, 4.69) is 23.1 Å². The van der Waals surface area contributed by atoms with Crippen LogP contribution in [0.3, 0.4) is 0 Å². The maximum atomic E-state index is 15.4. The number of rotatable bonds is 24. The van der Waals surface area contributed by atoms with Crippen molar-refractivity contribution < 1.29 is 74.2 Å². The molecule has 2 N–H and O–H groups in total. The van der Waals surface area contributed by atoms with Crippen molar-refractivity contribution in [3.05, 3.63) is 22.7 Å². The first kappa shape index (κ1) is 38.7. The minimum Gasteiger partial charge on any atom is -0.756 e. The molecule has 1 aliphatic rings. The third kappa shape index (κ3) is 13.5. The first-order chi connectivity index (χ1) is 20.8. The minimum absolute atomic E-state index is 0.0582. The van der Waals surface area contributed by atoms with Crippen molar-refractivity contribution in [1.29, 1.82) is 0 Å². The van der Waals surface area contributed by atoms with E-state index in [0.29, 0.717) is 44.2 Å². The van der Waals surface area contributed by atoms with E-state index in [-0.39, 0.29) is 32.2 Å². The molecule has 18 nitrogen and oxygen atoms in total. The predicted octanol–water partition coefficient (Wildman–Crippen LogP) is -0.537. The second-order valence-electron chi connectivity index (χ2n) is 8.62. The van der Waals surface area contributed by atoms with Gasteiger partial charge in [-0.3, -0.25) is 13.7 Å².